The standard InChI is InChI=1S/C37H37ClO8/c38-32-16-13-29(18-28(32)17-25-11-14-30(15-12-25)45-31-21-41-22-31)37-35(43-20-27-9-5-2-6-10-27)33(42-19-26-7-3-1-4-8-26)34(40)36(23-39,46-37)24-44-37/h1-16,18,31,33-35,39-40H,17,19-24H2. The molecule has 2 bridgehead atoms. The molecule has 3 heterocycles. The van der Waals surface area contributed by atoms with Gasteiger partial charge in [0.05, 0.1) is 39.6 Å². The van der Waals surface area contributed by atoms with Crippen molar-refractivity contribution in [1.29, 1.82) is 0 Å². The maximum Gasteiger partial charge on any atom is 0.225 e. The third-order valence-electron chi connectivity index (χ3n) is 8.91. The summed E-state index contributed by atoms with van der Waals surface area (Å²) in [5, 5.41) is 22.9. The Bertz CT molecular complexity index is 1600. The van der Waals surface area contributed by atoms with E-state index in [1.807, 2.05) is 103 Å². The van der Waals surface area contributed by atoms with Gasteiger partial charge in [0.15, 0.2) is 0 Å². The van der Waals surface area contributed by atoms with Crippen LogP contribution in [0.3, 0.4) is 0 Å². The molecule has 3 fully saturated rings. The molecule has 3 aliphatic heterocycles. The van der Waals surface area contributed by atoms with Gasteiger partial charge in [-0.15, -0.1) is 0 Å². The summed E-state index contributed by atoms with van der Waals surface area (Å²) in [6, 6.07) is 33.1. The zero-order valence-electron chi connectivity index (χ0n) is 25.3. The summed E-state index contributed by atoms with van der Waals surface area (Å²) in [7, 11) is 0. The molecule has 46 heavy (non-hydrogen) atoms. The number of benzene rings is 4. The predicted molar refractivity (Wildman–Crippen MR) is 171 cm³/mol. The van der Waals surface area contributed by atoms with Crippen LogP contribution in [0.4, 0.5) is 0 Å². The lowest BCUT2D eigenvalue weighted by Gasteiger charge is -2.49. The van der Waals surface area contributed by atoms with Gasteiger partial charge < -0.3 is 38.6 Å². The first-order chi connectivity index (χ1) is 22.5. The van der Waals surface area contributed by atoms with Gasteiger partial charge >= 0.3 is 0 Å². The van der Waals surface area contributed by atoms with Crippen LogP contribution in [0.25, 0.3) is 0 Å². The summed E-state index contributed by atoms with van der Waals surface area (Å²) in [6.45, 7) is 1.16. The molecule has 4 aromatic carbocycles. The molecule has 240 valence electrons. The first-order valence-corrected chi connectivity index (χ1v) is 15.9. The molecule has 3 saturated heterocycles. The summed E-state index contributed by atoms with van der Waals surface area (Å²) < 4.78 is 37.3. The maximum atomic E-state index is 11.7. The monoisotopic (exact) mass is 644 g/mol. The van der Waals surface area contributed by atoms with Crippen LogP contribution in [-0.2, 0) is 49.1 Å². The van der Waals surface area contributed by atoms with E-state index in [1.165, 1.54) is 0 Å². The van der Waals surface area contributed by atoms with Gasteiger partial charge in [-0.1, -0.05) is 90.5 Å². The fourth-order valence-corrected chi connectivity index (χ4v) is 6.44. The highest BCUT2D eigenvalue weighted by Gasteiger charge is 2.68. The van der Waals surface area contributed by atoms with Crippen LogP contribution in [0.15, 0.2) is 103 Å². The Labute approximate surface area is 273 Å². The van der Waals surface area contributed by atoms with Gasteiger partial charge in [0.25, 0.3) is 0 Å². The Morgan fingerprint density at radius 2 is 1.48 bits per heavy atom. The Kier molecular flexibility index (Phi) is 9.14. The highest BCUT2D eigenvalue weighted by molar-refractivity contribution is 6.31. The topological polar surface area (TPSA) is 95.8 Å². The van der Waals surface area contributed by atoms with Gasteiger partial charge in [0, 0.05) is 10.6 Å². The van der Waals surface area contributed by atoms with Crippen molar-refractivity contribution in [2.45, 2.75) is 55.4 Å². The lowest BCUT2D eigenvalue weighted by Crippen LogP contribution is -2.66. The average Bonchev–Trinajstić information content (AvgIpc) is 3.45. The summed E-state index contributed by atoms with van der Waals surface area (Å²) in [5.41, 5.74) is 3.04. The zero-order valence-corrected chi connectivity index (χ0v) is 26.1. The van der Waals surface area contributed by atoms with E-state index in [0.717, 1.165) is 28.0 Å². The predicted octanol–water partition coefficient (Wildman–Crippen LogP) is 5.18. The van der Waals surface area contributed by atoms with Crippen molar-refractivity contribution in [3.8, 4) is 5.75 Å². The zero-order chi connectivity index (χ0) is 31.6. The second-order valence-electron chi connectivity index (χ2n) is 12.1. The van der Waals surface area contributed by atoms with Crippen molar-refractivity contribution in [3.63, 3.8) is 0 Å². The number of ether oxygens (including phenoxy) is 6. The number of hydrogen-bond acceptors (Lipinski definition) is 8. The second-order valence-corrected chi connectivity index (χ2v) is 12.5. The highest BCUT2D eigenvalue weighted by Crippen LogP contribution is 2.52. The van der Waals surface area contributed by atoms with E-state index in [4.69, 9.17) is 40.0 Å². The smallest absolute Gasteiger partial charge is 0.225 e. The first kappa shape index (κ1) is 31.3. The molecule has 8 nitrogen and oxygen atoms in total. The van der Waals surface area contributed by atoms with E-state index in [0.29, 0.717) is 30.2 Å². The number of hydrogen-bond donors (Lipinski definition) is 2. The summed E-state index contributed by atoms with van der Waals surface area (Å²) in [6.07, 6.45) is -2.36. The quantitative estimate of drug-likeness (QED) is 0.218. The molecular formula is C37H37ClO8. The molecule has 0 saturated carbocycles. The van der Waals surface area contributed by atoms with Crippen LogP contribution in [-0.4, -0.2) is 66.7 Å². The normalized spacial score (nSPS) is 27.3. The SMILES string of the molecule is OCC12COC(c3ccc(Cl)c(Cc4ccc(OC5COC5)cc4)c3)(O1)C(OCc1ccccc1)C(OCc1ccccc1)C2O. The molecule has 9 heteroatoms. The van der Waals surface area contributed by atoms with E-state index in [1.54, 1.807) is 0 Å². The molecular weight excluding hydrogens is 608 g/mol. The lowest BCUT2D eigenvalue weighted by molar-refractivity contribution is -0.347. The van der Waals surface area contributed by atoms with Crippen LogP contribution in [0.5, 0.6) is 5.75 Å². The van der Waals surface area contributed by atoms with Crippen molar-refractivity contribution in [3.05, 3.63) is 136 Å². The molecule has 0 aromatic heterocycles. The van der Waals surface area contributed by atoms with E-state index >= 15 is 0 Å². The third-order valence-corrected chi connectivity index (χ3v) is 9.28. The van der Waals surface area contributed by atoms with E-state index in [-0.39, 0.29) is 25.9 Å². The van der Waals surface area contributed by atoms with Crippen LogP contribution in [0, 0.1) is 0 Å². The minimum atomic E-state index is -1.49. The third kappa shape index (κ3) is 6.20. The minimum absolute atomic E-state index is 0.0491. The van der Waals surface area contributed by atoms with Gasteiger partial charge in [0.2, 0.25) is 5.79 Å². The molecule has 5 unspecified atom stereocenters. The van der Waals surface area contributed by atoms with E-state index < -0.39 is 36.3 Å². The van der Waals surface area contributed by atoms with Crippen molar-refractivity contribution < 1.29 is 38.6 Å². The van der Waals surface area contributed by atoms with Gasteiger partial charge in [-0.3, -0.25) is 0 Å². The number of fused-ring (bicyclic) bond motifs is 2. The van der Waals surface area contributed by atoms with Crippen LogP contribution >= 0.6 is 11.6 Å². The molecule has 3 aliphatic rings. The van der Waals surface area contributed by atoms with Crippen LogP contribution in [0.1, 0.15) is 27.8 Å². The second kappa shape index (κ2) is 13.4. The van der Waals surface area contributed by atoms with E-state index in [2.05, 4.69) is 0 Å². The fraction of sp³-hybridized carbons (Fsp3) is 0.351. The molecule has 4 aromatic rings. The van der Waals surface area contributed by atoms with Gasteiger partial charge in [0.1, 0.15) is 35.8 Å². The molecule has 7 rings (SSSR count). The number of aliphatic hydroxyl groups excluding tert-OH is 2. The number of halogens is 1. The molecule has 0 amide bonds. The number of rotatable bonds is 12. The molecule has 0 radical (unpaired) electrons. The molecule has 5 atom stereocenters. The summed E-state index contributed by atoms with van der Waals surface area (Å²) >= 11 is 6.76. The largest absolute Gasteiger partial charge is 0.486 e. The van der Waals surface area contributed by atoms with Crippen LogP contribution in [0.2, 0.25) is 5.02 Å². The molecule has 2 N–H and O–H groups in total. The van der Waals surface area contributed by atoms with Gasteiger partial charge in [-0.25, -0.2) is 0 Å². The Morgan fingerprint density at radius 3 is 2.11 bits per heavy atom. The lowest BCUT2D eigenvalue weighted by atomic mass is 9.83. The van der Waals surface area contributed by atoms with Gasteiger partial charge in [-0.2, -0.15) is 0 Å². The van der Waals surface area contributed by atoms with Crippen molar-refractivity contribution >= 4 is 11.6 Å². The first-order valence-electron chi connectivity index (χ1n) is 15.5. The van der Waals surface area contributed by atoms with Crippen molar-refractivity contribution in [2.75, 3.05) is 26.4 Å². The Morgan fingerprint density at radius 1 is 0.804 bits per heavy atom. The van der Waals surface area contributed by atoms with Gasteiger partial charge in [-0.05, 0) is 52.9 Å². The Balaban J connectivity index is 1.21. The maximum absolute atomic E-state index is 11.7. The summed E-state index contributed by atoms with van der Waals surface area (Å²) in [4.78, 5) is 0. The van der Waals surface area contributed by atoms with Crippen molar-refractivity contribution in [2.24, 2.45) is 0 Å². The van der Waals surface area contributed by atoms with Crippen molar-refractivity contribution in [1.82, 2.24) is 0 Å². The Hall–Kier alpha value is -3.31. The van der Waals surface area contributed by atoms with E-state index in [9.17, 15) is 10.2 Å². The molecule has 0 aliphatic carbocycles. The van der Waals surface area contributed by atoms with Crippen LogP contribution < -0.4 is 4.74 Å². The number of aliphatic hydroxyl groups is 2. The minimum Gasteiger partial charge on any atom is -0.486 e. The molecule has 0 spiro atoms. The fourth-order valence-electron chi connectivity index (χ4n) is 6.25. The summed E-state index contributed by atoms with van der Waals surface area (Å²) in [5.74, 6) is -0.690. The highest BCUT2D eigenvalue weighted by atomic mass is 35.5. The average molecular weight is 645 g/mol.